The first-order valence-electron chi connectivity index (χ1n) is 9.62. The van der Waals surface area contributed by atoms with Crippen molar-refractivity contribution in [3.05, 3.63) is 29.8 Å². The van der Waals surface area contributed by atoms with Crippen LogP contribution in [0.5, 0.6) is 0 Å². The van der Waals surface area contributed by atoms with Crippen LogP contribution in [0, 0.1) is 0 Å². The third-order valence-corrected chi connectivity index (χ3v) is 5.87. The number of hydrogen-bond acceptors (Lipinski definition) is 4. The van der Waals surface area contributed by atoms with Crippen molar-refractivity contribution in [3.8, 4) is 0 Å². The maximum absolute atomic E-state index is 6.15. The molecule has 1 unspecified atom stereocenters. The zero-order chi connectivity index (χ0) is 16.2. The normalized spacial score (nSPS) is 26.8. The Balaban J connectivity index is 1.33. The number of ether oxygens (including phenoxy) is 2. The minimum absolute atomic E-state index is 0.0750. The molecule has 24 heavy (non-hydrogen) atoms. The molecular weight excluding hydrogens is 300 g/mol. The highest BCUT2D eigenvalue weighted by Gasteiger charge is 2.38. The van der Waals surface area contributed by atoms with Gasteiger partial charge in [-0.15, -0.1) is 0 Å². The second kappa shape index (κ2) is 7.42. The lowest BCUT2D eigenvalue weighted by Crippen LogP contribution is -2.49. The molecule has 1 N–H and O–H groups in total. The van der Waals surface area contributed by atoms with Gasteiger partial charge < -0.3 is 19.7 Å². The van der Waals surface area contributed by atoms with Gasteiger partial charge in [-0.1, -0.05) is 12.1 Å². The molecule has 4 heteroatoms. The van der Waals surface area contributed by atoms with Gasteiger partial charge in [0.05, 0.1) is 5.60 Å². The van der Waals surface area contributed by atoms with E-state index >= 15 is 0 Å². The smallest absolute Gasteiger partial charge is 0.0741 e. The van der Waals surface area contributed by atoms with Gasteiger partial charge in [0.2, 0.25) is 0 Å². The fraction of sp³-hybridized carbons (Fsp3) is 0.700. The zero-order valence-corrected chi connectivity index (χ0v) is 14.6. The molecule has 0 saturated carbocycles. The van der Waals surface area contributed by atoms with Gasteiger partial charge in [-0.05, 0) is 56.2 Å². The third-order valence-electron chi connectivity index (χ3n) is 5.87. The van der Waals surface area contributed by atoms with E-state index in [9.17, 15) is 0 Å². The first-order chi connectivity index (χ1) is 11.8. The summed E-state index contributed by atoms with van der Waals surface area (Å²) in [6.07, 6.45) is 7.01. The van der Waals surface area contributed by atoms with Crippen molar-refractivity contribution in [2.45, 2.75) is 56.7 Å². The number of benzene rings is 1. The molecular formula is C20H30N2O2. The van der Waals surface area contributed by atoms with Crippen LogP contribution in [0.25, 0.3) is 0 Å². The summed E-state index contributed by atoms with van der Waals surface area (Å²) in [4.78, 5) is 2.51. The van der Waals surface area contributed by atoms with Crippen LogP contribution in [-0.4, -0.2) is 44.6 Å². The summed E-state index contributed by atoms with van der Waals surface area (Å²) in [5.41, 5.74) is 2.86. The molecule has 3 fully saturated rings. The van der Waals surface area contributed by atoms with Crippen LogP contribution >= 0.6 is 0 Å². The molecule has 4 nitrogen and oxygen atoms in total. The number of rotatable bonds is 4. The SMILES string of the molecule is c1cc(CNC2CCOC3(CCOCC3)C2)cc(N2CCCC2)c1. The largest absolute Gasteiger partial charge is 0.381 e. The Labute approximate surface area is 145 Å². The molecule has 0 bridgehead atoms. The van der Waals surface area contributed by atoms with Crippen molar-refractivity contribution < 1.29 is 9.47 Å². The summed E-state index contributed by atoms with van der Waals surface area (Å²) in [6.45, 7) is 5.96. The Morgan fingerprint density at radius 3 is 2.79 bits per heavy atom. The van der Waals surface area contributed by atoms with Gasteiger partial charge >= 0.3 is 0 Å². The number of nitrogens with one attached hydrogen (secondary N) is 1. The van der Waals surface area contributed by atoms with E-state index < -0.39 is 0 Å². The Kier molecular flexibility index (Phi) is 5.06. The summed E-state index contributed by atoms with van der Waals surface area (Å²) in [5.74, 6) is 0. The molecule has 1 spiro atoms. The lowest BCUT2D eigenvalue weighted by molar-refractivity contribution is -0.140. The van der Waals surface area contributed by atoms with Crippen LogP contribution in [-0.2, 0) is 16.0 Å². The standard InChI is InChI=1S/C20H30N2O2/c1-2-10-22(9-1)19-5-3-4-17(14-19)16-21-18-6-11-24-20(15-18)7-12-23-13-8-20/h3-5,14,18,21H,1-2,6-13,15-16H2. The van der Waals surface area contributed by atoms with Crippen LogP contribution in [0.3, 0.4) is 0 Å². The second-order valence-corrected chi connectivity index (χ2v) is 7.58. The lowest BCUT2D eigenvalue weighted by atomic mass is 9.84. The van der Waals surface area contributed by atoms with Gasteiger partial charge in [-0.2, -0.15) is 0 Å². The highest BCUT2D eigenvalue weighted by Crippen LogP contribution is 2.34. The molecule has 132 valence electrons. The minimum atomic E-state index is 0.0750. The molecule has 4 rings (SSSR count). The van der Waals surface area contributed by atoms with Gasteiger partial charge in [-0.3, -0.25) is 0 Å². The first kappa shape index (κ1) is 16.4. The van der Waals surface area contributed by atoms with Gasteiger partial charge in [0.1, 0.15) is 0 Å². The molecule has 1 aromatic carbocycles. The van der Waals surface area contributed by atoms with Crippen molar-refractivity contribution in [1.29, 1.82) is 0 Å². The molecule has 0 aliphatic carbocycles. The fourth-order valence-corrected chi connectivity index (χ4v) is 4.39. The maximum atomic E-state index is 6.15. The highest BCUT2D eigenvalue weighted by atomic mass is 16.5. The predicted octanol–water partition coefficient (Wildman–Crippen LogP) is 3.10. The van der Waals surface area contributed by atoms with Crippen molar-refractivity contribution in [2.24, 2.45) is 0 Å². The van der Waals surface area contributed by atoms with E-state index in [0.29, 0.717) is 6.04 Å². The van der Waals surface area contributed by atoms with Crippen molar-refractivity contribution in [2.75, 3.05) is 37.8 Å². The van der Waals surface area contributed by atoms with Gasteiger partial charge in [0.25, 0.3) is 0 Å². The van der Waals surface area contributed by atoms with Gasteiger partial charge in [0, 0.05) is 51.2 Å². The van der Waals surface area contributed by atoms with E-state index in [1.807, 2.05) is 0 Å². The van der Waals surface area contributed by atoms with Crippen molar-refractivity contribution >= 4 is 5.69 Å². The predicted molar refractivity (Wildman–Crippen MR) is 96.5 cm³/mol. The van der Waals surface area contributed by atoms with Crippen molar-refractivity contribution in [1.82, 2.24) is 5.32 Å². The Bertz CT molecular complexity index is 531. The molecule has 3 heterocycles. The number of anilines is 1. The summed E-state index contributed by atoms with van der Waals surface area (Å²) in [7, 11) is 0. The molecule has 1 aromatic rings. The molecule has 1 atom stereocenters. The summed E-state index contributed by atoms with van der Waals surface area (Å²) in [6, 6.07) is 9.62. The van der Waals surface area contributed by atoms with E-state index in [2.05, 4.69) is 34.5 Å². The van der Waals surface area contributed by atoms with Crippen LogP contribution in [0.2, 0.25) is 0 Å². The van der Waals surface area contributed by atoms with Crippen LogP contribution in [0.4, 0.5) is 5.69 Å². The monoisotopic (exact) mass is 330 g/mol. The molecule has 0 aromatic heterocycles. The topological polar surface area (TPSA) is 33.7 Å². The Morgan fingerprint density at radius 1 is 1.12 bits per heavy atom. The zero-order valence-electron chi connectivity index (χ0n) is 14.6. The molecule has 0 amide bonds. The van der Waals surface area contributed by atoms with E-state index in [1.54, 1.807) is 0 Å². The molecule has 3 aliphatic heterocycles. The Morgan fingerprint density at radius 2 is 1.96 bits per heavy atom. The number of hydrogen-bond donors (Lipinski definition) is 1. The average Bonchev–Trinajstić information content (AvgIpc) is 3.16. The second-order valence-electron chi connectivity index (χ2n) is 7.58. The summed E-state index contributed by atoms with van der Waals surface area (Å²) >= 11 is 0. The average molecular weight is 330 g/mol. The summed E-state index contributed by atoms with van der Waals surface area (Å²) < 4.78 is 11.7. The quantitative estimate of drug-likeness (QED) is 0.920. The van der Waals surface area contributed by atoms with Gasteiger partial charge in [0.15, 0.2) is 0 Å². The molecule has 0 radical (unpaired) electrons. The molecule has 3 aliphatic rings. The fourth-order valence-electron chi connectivity index (χ4n) is 4.39. The van der Waals surface area contributed by atoms with E-state index in [4.69, 9.17) is 9.47 Å². The third kappa shape index (κ3) is 3.76. The molecule has 3 saturated heterocycles. The summed E-state index contributed by atoms with van der Waals surface area (Å²) in [5, 5.41) is 3.79. The highest BCUT2D eigenvalue weighted by molar-refractivity contribution is 5.49. The van der Waals surface area contributed by atoms with Gasteiger partial charge in [-0.25, -0.2) is 0 Å². The number of nitrogens with zero attached hydrogens (tertiary/aromatic N) is 1. The lowest BCUT2D eigenvalue weighted by Gasteiger charge is -2.43. The van der Waals surface area contributed by atoms with Crippen LogP contribution in [0.15, 0.2) is 24.3 Å². The first-order valence-corrected chi connectivity index (χ1v) is 9.62. The van der Waals surface area contributed by atoms with Crippen molar-refractivity contribution in [3.63, 3.8) is 0 Å². The maximum Gasteiger partial charge on any atom is 0.0741 e. The van der Waals surface area contributed by atoms with E-state index in [0.717, 1.165) is 52.0 Å². The minimum Gasteiger partial charge on any atom is -0.381 e. The Hall–Kier alpha value is -1.10. The van der Waals surface area contributed by atoms with E-state index in [1.165, 1.54) is 37.2 Å². The van der Waals surface area contributed by atoms with Crippen LogP contribution < -0.4 is 10.2 Å². The van der Waals surface area contributed by atoms with E-state index in [-0.39, 0.29) is 5.60 Å². The van der Waals surface area contributed by atoms with Crippen LogP contribution in [0.1, 0.15) is 44.1 Å².